The predicted octanol–water partition coefficient (Wildman–Crippen LogP) is -1.31. The molecule has 0 saturated heterocycles. The molecule has 0 fully saturated rings. The number of nitrogens with one attached hydrogen (secondary N) is 3. The number of carbonyl (C=O) groups excluding carboxylic acids is 4. The average Bonchev–Trinajstić information content (AvgIpc) is 2.88. The summed E-state index contributed by atoms with van der Waals surface area (Å²) in [5.74, 6) is -6.62. The number of nitrogens with two attached hydrogens (primary N) is 2. The molecular weight excluding hydrogens is 510 g/mol. The molecule has 0 spiro atoms. The monoisotopic (exact) mass is 541 g/mol. The number of carbonyl (C=O) groups is 6. The fourth-order valence-electron chi connectivity index (χ4n) is 3.63. The first-order valence-electron chi connectivity index (χ1n) is 11.9. The molecule has 0 radical (unpaired) electrons. The number of rotatable bonds is 15. The average molecular weight is 542 g/mol. The van der Waals surface area contributed by atoms with Gasteiger partial charge in [-0.05, 0) is 17.5 Å². The Bertz CT molecular complexity index is 1180. The lowest BCUT2D eigenvalue weighted by Gasteiger charge is -2.24. The van der Waals surface area contributed by atoms with Crippen molar-refractivity contribution in [3.8, 4) is 0 Å². The van der Waals surface area contributed by atoms with Gasteiger partial charge in [-0.2, -0.15) is 0 Å². The summed E-state index contributed by atoms with van der Waals surface area (Å²) < 4.78 is 0. The van der Waals surface area contributed by atoms with Crippen molar-refractivity contribution >= 4 is 35.6 Å². The van der Waals surface area contributed by atoms with Crippen molar-refractivity contribution in [1.82, 2.24) is 16.0 Å². The van der Waals surface area contributed by atoms with Gasteiger partial charge in [0.25, 0.3) is 0 Å². The van der Waals surface area contributed by atoms with Gasteiger partial charge in [0.05, 0.1) is 18.9 Å². The highest BCUT2D eigenvalue weighted by molar-refractivity contribution is 5.96. The Kier molecular flexibility index (Phi) is 11.6. The van der Waals surface area contributed by atoms with E-state index < -0.39 is 72.6 Å². The van der Waals surface area contributed by atoms with Crippen LogP contribution in [-0.2, 0) is 41.6 Å². The van der Waals surface area contributed by atoms with Crippen LogP contribution in [-0.4, -0.2) is 69.9 Å². The number of carboxylic acid groups (broad SMARTS) is 2. The maximum Gasteiger partial charge on any atom is 0.326 e. The Morgan fingerprint density at radius 2 is 1.10 bits per heavy atom. The van der Waals surface area contributed by atoms with Crippen LogP contribution < -0.4 is 27.4 Å². The summed E-state index contributed by atoms with van der Waals surface area (Å²) in [5, 5.41) is 25.2. The molecule has 9 N–H and O–H groups in total. The van der Waals surface area contributed by atoms with Crippen LogP contribution in [0, 0.1) is 0 Å². The number of aliphatic carboxylic acids is 2. The molecule has 0 aromatic heterocycles. The molecule has 208 valence electrons. The summed E-state index contributed by atoms with van der Waals surface area (Å²) in [6, 6.07) is 11.6. The number of benzene rings is 2. The lowest BCUT2D eigenvalue weighted by atomic mass is 10.0. The molecule has 0 bridgehead atoms. The second kappa shape index (κ2) is 14.8. The van der Waals surface area contributed by atoms with Gasteiger partial charge in [0.1, 0.15) is 18.1 Å². The second-order valence-corrected chi connectivity index (χ2v) is 8.78. The van der Waals surface area contributed by atoms with Crippen LogP contribution in [0.1, 0.15) is 24.0 Å². The van der Waals surface area contributed by atoms with Crippen LogP contribution in [0.3, 0.4) is 0 Å². The molecule has 0 aliphatic heterocycles. The smallest absolute Gasteiger partial charge is 0.326 e. The first kappa shape index (κ1) is 30.4. The molecule has 13 heteroatoms. The molecule has 4 amide bonds. The largest absolute Gasteiger partial charge is 0.481 e. The van der Waals surface area contributed by atoms with Crippen LogP contribution in [0.2, 0.25) is 0 Å². The number of primary amides is 1. The summed E-state index contributed by atoms with van der Waals surface area (Å²) in [6.45, 7) is 0. The molecular formula is C26H31N5O8. The Labute approximate surface area is 223 Å². The van der Waals surface area contributed by atoms with Gasteiger partial charge in [-0.1, -0.05) is 60.7 Å². The number of amides is 4. The molecule has 2 aromatic rings. The van der Waals surface area contributed by atoms with Gasteiger partial charge in [-0.25, -0.2) is 4.79 Å². The van der Waals surface area contributed by atoms with Crippen LogP contribution in [0.25, 0.3) is 0 Å². The van der Waals surface area contributed by atoms with E-state index in [2.05, 4.69) is 16.0 Å². The van der Waals surface area contributed by atoms with E-state index in [1.807, 2.05) is 0 Å². The first-order chi connectivity index (χ1) is 18.5. The van der Waals surface area contributed by atoms with E-state index in [1.165, 1.54) is 0 Å². The molecule has 4 atom stereocenters. The fourth-order valence-corrected chi connectivity index (χ4v) is 3.63. The molecule has 13 nitrogen and oxygen atoms in total. The summed E-state index contributed by atoms with van der Waals surface area (Å²) in [7, 11) is 0. The van der Waals surface area contributed by atoms with E-state index in [1.54, 1.807) is 60.7 Å². The van der Waals surface area contributed by atoms with E-state index in [-0.39, 0.29) is 12.8 Å². The van der Waals surface area contributed by atoms with Gasteiger partial charge in [0.15, 0.2) is 0 Å². The summed E-state index contributed by atoms with van der Waals surface area (Å²) in [6.07, 6.45) is -1.46. The molecule has 4 unspecified atom stereocenters. The van der Waals surface area contributed by atoms with Crippen molar-refractivity contribution in [3.63, 3.8) is 0 Å². The summed E-state index contributed by atoms with van der Waals surface area (Å²) >= 11 is 0. The molecule has 2 aromatic carbocycles. The standard InChI is InChI=1S/C26H31N5O8/c27-17(11-15-7-3-1-4-8-15)23(35)29-19(13-21(28)32)25(37)30-18(12-16-9-5-2-6-10-16)24(36)31-20(26(38)39)14-22(33)34/h1-10,17-20H,11-14,27H2,(H2,28,32)(H,29,35)(H,30,37)(H,31,36)(H,33,34)(H,38,39). The summed E-state index contributed by atoms with van der Waals surface area (Å²) in [4.78, 5) is 72.9. The van der Waals surface area contributed by atoms with Crippen molar-refractivity contribution in [2.45, 2.75) is 49.9 Å². The maximum absolute atomic E-state index is 13.1. The SMILES string of the molecule is NC(=O)CC(NC(=O)C(N)Cc1ccccc1)C(=O)NC(Cc1ccccc1)C(=O)NC(CC(=O)O)C(=O)O. The van der Waals surface area contributed by atoms with Crippen molar-refractivity contribution < 1.29 is 39.0 Å². The fraction of sp³-hybridized carbons (Fsp3) is 0.308. The van der Waals surface area contributed by atoms with E-state index in [0.29, 0.717) is 5.56 Å². The highest BCUT2D eigenvalue weighted by Gasteiger charge is 2.32. The minimum atomic E-state index is -1.76. The minimum Gasteiger partial charge on any atom is -0.481 e. The van der Waals surface area contributed by atoms with Gasteiger partial charge >= 0.3 is 11.9 Å². The molecule has 0 saturated carbocycles. The number of hydrogen-bond acceptors (Lipinski definition) is 7. The predicted molar refractivity (Wildman–Crippen MR) is 138 cm³/mol. The first-order valence-corrected chi connectivity index (χ1v) is 11.9. The van der Waals surface area contributed by atoms with Gasteiger partial charge in [0, 0.05) is 6.42 Å². The van der Waals surface area contributed by atoms with E-state index >= 15 is 0 Å². The van der Waals surface area contributed by atoms with Crippen LogP contribution in [0.15, 0.2) is 60.7 Å². The highest BCUT2D eigenvalue weighted by Crippen LogP contribution is 2.07. The molecule has 0 aliphatic carbocycles. The van der Waals surface area contributed by atoms with Crippen LogP contribution in [0.5, 0.6) is 0 Å². The Morgan fingerprint density at radius 3 is 1.59 bits per heavy atom. The Hall–Kier alpha value is -4.78. The molecule has 0 aliphatic rings. The normalized spacial score (nSPS) is 13.7. The lowest BCUT2D eigenvalue weighted by Crippen LogP contribution is -2.58. The minimum absolute atomic E-state index is 0.109. The third kappa shape index (κ3) is 10.6. The zero-order chi connectivity index (χ0) is 28.9. The van der Waals surface area contributed by atoms with E-state index in [0.717, 1.165) is 5.56 Å². The third-order valence-electron chi connectivity index (χ3n) is 5.58. The molecule has 39 heavy (non-hydrogen) atoms. The van der Waals surface area contributed by atoms with Crippen molar-refractivity contribution in [2.24, 2.45) is 11.5 Å². The second-order valence-electron chi connectivity index (χ2n) is 8.78. The van der Waals surface area contributed by atoms with Gasteiger partial charge in [-0.3, -0.25) is 24.0 Å². The van der Waals surface area contributed by atoms with E-state index in [4.69, 9.17) is 16.6 Å². The number of hydrogen-bond donors (Lipinski definition) is 7. The van der Waals surface area contributed by atoms with Crippen molar-refractivity contribution in [3.05, 3.63) is 71.8 Å². The topological polar surface area (TPSA) is 231 Å². The zero-order valence-electron chi connectivity index (χ0n) is 20.9. The lowest BCUT2D eigenvalue weighted by molar-refractivity contribution is -0.147. The maximum atomic E-state index is 13.1. The van der Waals surface area contributed by atoms with Crippen LogP contribution >= 0.6 is 0 Å². The quantitative estimate of drug-likeness (QED) is 0.142. The highest BCUT2D eigenvalue weighted by atomic mass is 16.4. The number of carboxylic acids is 2. The Morgan fingerprint density at radius 1 is 0.641 bits per heavy atom. The third-order valence-corrected chi connectivity index (χ3v) is 5.58. The van der Waals surface area contributed by atoms with Gasteiger partial charge < -0.3 is 37.6 Å². The van der Waals surface area contributed by atoms with Crippen molar-refractivity contribution in [1.29, 1.82) is 0 Å². The van der Waals surface area contributed by atoms with Crippen molar-refractivity contribution in [2.75, 3.05) is 0 Å². The molecule has 0 heterocycles. The zero-order valence-corrected chi connectivity index (χ0v) is 20.9. The van der Waals surface area contributed by atoms with Gasteiger partial charge in [0.2, 0.25) is 23.6 Å². The van der Waals surface area contributed by atoms with Gasteiger partial charge in [-0.15, -0.1) is 0 Å². The van der Waals surface area contributed by atoms with Crippen LogP contribution in [0.4, 0.5) is 0 Å². The van der Waals surface area contributed by atoms with E-state index in [9.17, 15) is 33.9 Å². The molecule has 2 rings (SSSR count). The Balaban J connectivity index is 2.21. The summed E-state index contributed by atoms with van der Waals surface area (Å²) in [5.41, 5.74) is 12.6.